The van der Waals surface area contributed by atoms with Crippen molar-refractivity contribution in [2.45, 2.75) is 40.0 Å². The van der Waals surface area contributed by atoms with Crippen LogP contribution < -0.4 is 5.32 Å². The predicted molar refractivity (Wildman–Crippen MR) is 49.8 cm³/mol. The van der Waals surface area contributed by atoms with E-state index in [9.17, 15) is 4.79 Å². The van der Waals surface area contributed by atoms with Crippen LogP contribution in [0.4, 0.5) is 0 Å². The Morgan fingerprint density at radius 3 is 2.58 bits per heavy atom. The fourth-order valence-corrected chi connectivity index (χ4v) is 2.02. The fourth-order valence-electron chi connectivity index (χ4n) is 2.02. The number of piperidine rings is 1. The molecule has 0 saturated carbocycles. The van der Waals surface area contributed by atoms with Crippen molar-refractivity contribution in [1.29, 1.82) is 0 Å². The molecule has 1 rings (SSSR count). The number of nitrogens with one attached hydrogen (secondary N) is 1. The highest BCUT2D eigenvalue weighted by Gasteiger charge is 2.35. The van der Waals surface area contributed by atoms with Crippen LogP contribution in [0.5, 0.6) is 0 Å². The molecule has 1 aliphatic rings. The van der Waals surface area contributed by atoms with E-state index < -0.39 is 0 Å². The highest BCUT2D eigenvalue weighted by Crippen LogP contribution is 2.37. The van der Waals surface area contributed by atoms with Gasteiger partial charge in [0.05, 0.1) is 0 Å². The summed E-state index contributed by atoms with van der Waals surface area (Å²) >= 11 is 0. The molecule has 1 amide bonds. The van der Waals surface area contributed by atoms with Gasteiger partial charge in [-0.25, -0.2) is 0 Å². The summed E-state index contributed by atoms with van der Waals surface area (Å²) in [7, 11) is 0. The Morgan fingerprint density at radius 2 is 2.25 bits per heavy atom. The van der Waals surface area contributed by atoms with Crippen LogP contribution in [0.1, 0.15) is 40.0 Å². The minimum absolute atomic E-state index is 0.222. The van der Waals surface area contributed by atoms with Crippen LogP contribution in [0, 0.1) is 11.3 Å². The summed E-state index contributed by atoms with van der Waals surface area (Å²) < 4.78 is 0. The maximum Gasteiger partial charge on any atom is 0.220 e. The van der Waals surface area contributed by atoms with Crippen molar-refractivity contribution in [3.8, 4) is 0 Å². The summed E-state index contributed by atoms with van der Waals surface area (Å²) in [6.45, 7) is 7.60. The summed E-state index contributed by atoms with van der Waals surface area (Å²) in [4.78, 5) is 11.0. The molecule has 1 N–H and O–H groups in total. The molecule has 1 atom stereocenters. The molecule has 1 aliphatic heterocycles. The molecule has 0 aromatic heterocycles. The summed E-state index contributed by atoms with van der Waals surface area (Å²) in [6.07, 6.45) is 2.95. The lowest BCUT2D eigenvalue weighted by atomic mass is 9.70. The van der Waals surface area contributed by atoms with E-state index in [-0.39, 0.29) is 5.91 Å². The minimum Gasteiger partial charge on any atom is -0.356 e. The molecule has 70 valence electrons. The highest BCUT2D eigenvalue weighted by molar-refractivity contribution is 5.76. The minimum atomic E-state index is 0.222. The Kier molecular flexibility index (Phi) is 2.76. The quantitative estimate of drug-likeness (QED) is 0.672. The van der Waals surface area contributed by atoms with Gasteiger partial charge in [0.25, 0.3) is 0 Å². The molecule has 0 spiro atoms. The zero-order chi connectivity index (χ0) is 9.19. The van der Waals surface area contributed by atoms with Gasteiger partial charge in [-0.3, -0.25) is 4.79 Å². The van der Waals surface area contributed by atoms with Crippen LogP contribution in [0.15, 0.2) is 0 Å². The van der Waals surface area contributed by atoms with Gasteiger partial charge in [-0.05, 0) is 24.2 Å². The standard InChI is InChI=1S/C10H19NO/c1-4-10(8(2)3)6-5-9(12)11-7-10/h8H,4-7H2,1-3H3,(H,11,12)/t10-/m0/s1. The van der Waals surface area contributed by atoms with Crippen molar-refractivity contribution >= 4 is 5.91 Å². The summed E-state index contributed by atoms with van der Waals surface area (Å²) in [6, 6.07) is 0. The maximum absolute atomic E-state index is 11.0. The summed E-state index contributed by atoms with van der Waals surface area (Å²) in [5.74, 6) is 0.892. The van der Waals surface area contributed by atoms with Gasteiger partial charge in [-0.1, -0.05) is 20.8 Å². The third-order valence-electron chi connectivity index (χ3n) is 3.42. The number of amides is 1. The number of hydrogen-bond donors (Lipinski definition) is 1. The maximum atomic E-state index is 11.0. The summed E-state index contributed by atoms with van der Waals surface area (Å²) in [5, 5.41) is 2.97. The molecule has 0 bridgehead atoms. The van der Waals surface area contributed by atoms with E-state index in [0.717, 1.165) is 13.0 Å². The SMILES string of the molecule is CC[C@]1(C(C)C)CCC(=O)NC1. The number of rotatable bonds is 2. The third kappa shape index (κ3) is 1.62. The molecule has 2 nitrogen and oxygen atoms in total. The highest BCUT2D eigenvalue weighted by atomic mass is 16.1. The van der Waals surface area contributed by atoms with E-state index in [1.54, 1.807) is 0 Å². The van der Waals surface area contributed by atoms with Crippen molar-refractivity contribution in [2.75, 3.05) is 6.54 Å². The van der Waals surface area contributed by atoms with Crippen molar-refractivity contribution in [2.24, 2.45) is 11.3 Å². The monoisotopic (exact) mass is 169 g/mol. The summed E-state index contributed by atoms with van der Waals surface area (Å²) in [5.41, 5.74) is 0.369. The van der Waals surface area contributed by atoms with Crippen LogP contribution in [0.3, 0.4) is 0 Å². The first-order valence-corrected chi connectivity index (χ1v) is 4.87. The van der Waals surface area contributed by atoms with E-state index >= 15 is 0 Å². The zero-order valence-electron chi connectivity index (χ0n) is 8.31. The third-order valence-corrected chi connectivity index (χ3v) is 3.42. The molecular formula is C10H19NO. The van der Waals surface area contributed by atoms with E-state index in [1.165, 1.54) is 6.42 Å². The van der Waals surface area contributed by atoms with E-state index in [4.69, 9.17) is 0 Å². The van der Waals surface area contributed by atoms with Gasteiger partial charge in [-0.2, -0.15) is 0 Å². The molecule has 2 heteroatoms. The first kappa shape index (κ1) is 9.56. The van der Waals surface area contributed by atoms with Crippen molar-refractivity contribution in [3.05, 3.63) is 0 Å². The Balaban J connectivity index is 2.63. The van der Waals surface area contributed by atoms with E-state index in [0.29, 0.717) is 17.8 Å². The molecule has 0 aliphatic carbocycles. The van der Waals surface area contributed by atoms with E-state index in [2.05, 4.69) is 26.1 Å². The molecule has 0 aromatic carbocycles. The van der Waals surface area contributed by atoms with Gasteiger partial charge in [0.1, 0.15) is 0 Å². The molecule has 1 fully saturated rings. The van der Waals surface area contributed by atoms with E-state index in [1.807, 2.05) is 0 Å². The molecule has 0 aromatic rings. The first-order valence-electron chi connectivity index (χ1n) is 4.87. The average Bonchev–Trinajstić information content (AvgIpc) is 2.06. The Hall–Kier alpha value is -0.530. The first-order chi connectivity index (χ1) is 5.60. The van der Waals surface area contributed by atoms with Gasteiger partial charge in [0.2, 0.25) is 5.91 Å². The van der Waals surface area contributed by atoms with Gasteiger partial charge < -0.3 is 5.32 Å². The average molecular weight is 169 g/mol. The lowest BCUT2D eigenvalue weighted by molar-refractivity contribution is -0.125. The van der Waals surface area contributed by atoms with Gasteiger partial charge >= 0.3 is 0 Å². The van der Waals surface area contributed by atoms with Gasteiger partial charge in [0, 0.05) is 13.0 Å². The van der Waals surface area contributed by atoms with Crippen molar-refractivity contribution in [1.82, 2.24) is 5.32 Å². The second kappa shape index (κ2) is 3.46. The normalized spacial score (nSPS) is 30.5. The lowest BCUT2D eigenvalue weighted by Gasteiger charge is -2.40. The molecule has 1 saturated heterocycles. The van der Waals surface area contributed by atoms with Crippen LogP contribution >= 0.6 is 0 Å². The largest absolute Gasteiger partial charge is 0.356 e. The smallest absolute Gasteiger partial charge is 0.220 e. The number of carbonyl (C=O) groups excluding carboxylic acids is 1. The second-order valence-electron chi connectivity index (χ2n) is 4.15. The molecule has 12 heavy (non-hydrogen) atoms. The van der Waals surface area contributed by atoms with Crippen LogP contribution in [-0.4, -0.2) is 12.5 Å². The predicted octanol–water partition coefficient (Wildman–Crippen LogP) is 1.95. The van der Waals surface area contributed by atoms with Crippen molar-refractivity contribution < 1.29 is 4.79 Å². The fraction of sp³-hybridized carbons (Fsp3) is 0.900. The van der Waals surface area contributed by atoms with Crippen LogP contribution in [-0.2, 0) is 4.79 Å². The van der Waals surface area contributed by atoms with Crippen LogP contribution in [0.25, 0.3) is 0 Å². The molecular weight excluding hydrogens is 150 g/mol. The zero-order valence-corrected chi connectivity index (χ0v) is 8.31. The second-order valence-corrected chi connectivity index (χ2v) is 4.15. The number of carbonyl (C=O) groups is 1. The molecule has 0 unspecified atom stereocenters. The van der Waals surface area contributed by atoms with Gasteiger partial charge in [0.15, 0.2) is 0 Å². The van der Waals surface area contributed by atoms with Crippen LogP contribution in [0.2, 0.25) is 0 Å². The Labute approximate surface area is 74.7 Å². The topological polar surface area (TPSA) is 29.1 Å². The number of hydrogen-bond acceptors (Lipinski definition) is 1. The molecule has 1 heterocycles. The molecule has 0 radical (unpaired) electrons. The van der Waals surface area contributed by atoms with Gasteiger partial charge in [-0.15, -0.1) is 0 Å². The Morgan fingerprint density at radius 1 is 1.58 bits per heavy atom. The lowest BCUT2D eigenvalue weighted by Crippen LogP contribution is -2.45. The Bertz CT molecular complexity index is 165. The van der Waals surface area contributed by atoms with Crippen molar-refractivity contribution in [3.63, 3.8) is 0 Å².